The van der Waals surface area contributed by atoms with Gasteiger partial charge in [-0.15, -0.1) is 0 Å². The number of aliphatic hydroxyl groups excluding tert-OH is 1. The van der Waals surface area contributed by atoms with Crippen molar-refractivity contribution in [2.24, 2.45) is 5.92 Å². The van der Waals surface area contributed by atoms with Crippen molar-refractivity contribution in [3.8, 4) is 0 Å². The highest BCUT2D eigenvalue weighted by Crippen LogP contribution is 2.25. The highest BCUT2D eigenvalue weighted by Gasteiger charge is 2.21. The second kappa shape index (κ2) is 6.16. The van der Waals surface area contributed by atoms with Gasteiger partial charge in [-0.3, -0.25) is 4.79 Å². The predicted octanol–water partition coefficient (Wildman–Crippen LogP) is 0.957. The number of hydrogen-bond acceptors (Lipinski definition) is 3. The van der Waals surface area contributed by atoms with E-state index in [1.54, 1.807) is 6.92 Å². The van der Waals surface area contributed by atoms with Gasteiger partial charge in [0, 0.05) is 0 Å². The summed E-state index contributed by atoms with van der Waals surface area (Å²) in [4.78, 5) is 9.18. The lowest BCUT2D eigenvalue weighted by atomic mass is 9.84. The summed E-state index contributed by atoms with van der Waals surface area (Å²) in [6.45, 7) is 4.82. The molecule has 0 aromatic heterocycles. The third-order valence-electron chi connectivity index (χ3n) is 1.58. The second-order valence-electron chi connectivity index (χ2n) is 2.78. The van der Waals surface area contributed by atoms with E-state index in [0.717, 1.165) is 18.8 Å². The Morgan fingerprint density at radius 1 is 1.64 bits per heavy atom. The second-order valence-corrected chi connectivity index (χ2v) is 2.78. The zero-order valence-electron chi connectivity index (χ0n) is 7.12. The van der Waals surface area contributed by atoms with Crippen LogP contribution in [0.25, 0.3) is 0 Å². The molecule has 1 fully saturated rings. The van der Waals surface area contributed by atoms with Crippen LogP contribution in [-0.4, -0.2) is 24.3 Å². The van der Waals surface area contributed by atoms with Crippen LogP contribution in [0.3, 0.4) is 0 Å². The van der Waals surface area contributed by atoms with Gasteiger partial charge in [0.15, 0.2) is 0 Å². The van der Waals surface area contributed by atoms with Crippen molar-refractivity contribution in [1.82, 2.24) is 0 Å². The van der Waals surface area contributed by atoms with Crippen molar-refractivity contribution in [3.63, 3.8) is 0 Å². The first-order chi connectivity index (χ1) is 5.20. The first kappa shape index (κ1) is 10.4. The van der Waals surface area contributed by atoms with Crippen LogP contribution in [0.4, 0.5) is 0 Å². The maximum Gasteiger partial charge on any atom is 0.293 e. The van der Waals surface area contributed by atoms with Crippen LogP contribution in [0.5, 0.6) is 0 Å². The molecular formula is C8H16O3. The van der Waals surface area contributed by atoms with E-state index in [1.807, 2.05) is 0 Å². The van der Waals surface area contributed by atoms with Crippen molar-refractivity contribution < 1.29 is 14.6 Å². The summed E-state index contributed by atoms with van der Waals surface area (Å²) in [7, 11) is 0. The Bertz CT molecular complexity index is 91.5. The fourth-order valence-corrected chi connectivity index (χ4v) is 0.928. The highest BCUT2D eigenvalue weighted by molar-refractivity contribution is 5.36. The Balaban J connectivity index is 0.000000187. The van der Waals surface area contributed by atoms with Crippen molar-refractivity contribution >= 4 is 6.47 Å². The van der Waals surface area contributed by atoms with Crippen LogP contribution in [0.1, 0.15) is 26.7 Å². The smallest absolute Gasteiger partial charge is 0.293 e. The van der Waals surface area contributed by atoms with Gasteiger partial charge in [0.2, 0.25) is 0 Å². The molecule has 1 N–H and O–H groups in total. The van der Waals surface area contributed by atoms with E-state index in [9.17, 15) is 4.79 Å². The number of hydrogen-bond donors (Lipinski definition) is 1. The zero-order chi connectivity index (χ0) is 8.69. The van der Waals surface area contributed by atoms with Gasteiger partial charge in [-0.05, 0) is 25.7 Å². The lowest BCUT2D eigenvalue weighted by Gasteiger charge is -2.27. The molecule has 0 radical (unpaired) electrons. The zero-order valence-corrected chi connectivity index (χ0v) is 7.12. The molecule has 3 nitrogen and oxygen atoms in total. The maximum atomic E-state index is 9.18. The minimum Gasteiger partial charge on any atom is -0.468 e. The summed E-state index contributed by atoms with van der Waals surface area (Å²) in [5.41, 5.74) is 0. The van der Waals surface area contributed by atoms with Crippen LogP contribution >= 0.6 is 0 Å². The summed E-state index contributed by atoms with van der Waals surface area (Å²) in [5.74, 6) is 0.792. The number of carbonyl (C=O) groups excluding carboxylic acids is 1. The van der Waals surface area contributed by atoms with E-state index in [2.05, 4.69) is 11.7 Å². The van der Waals surface area contributed by atoms with E-state index in [4.69, 9.17) is 5.11 Å². The molecule has 3 heteroatoms. The maximum absolute atomic E-state index is 9.18. The molecule has 0 saturated heterocycles. The van der Waals surface area contributed by atoms with E-state index < -0.39 is 0 Å². The van der Waals surface area contributed by atoms with Crippen molar-refractivity contribution in [3.05, 3.63) is 0 Å². The van der Waals surface area contributed by atoms with Crippen LogP contribution in [0, 0.1) is 5.92 Å². The Kier molecular flexibility index (Phi) is 5.84. The quantitative estimate of drug-likeness (QED) is 0.612. The van der Waals surface area contributed by atoms with E-state index in [0.29, 0.717) is 13.1 Å². The average Bonchev–Trinajstić information content (AvgIpc) is 1.88. The highest BCUT2D eigenvalue weighted by atomic mass is 16.5. The molecule has 0 bridgehead atoms. The number of carbonyl (C=O) groups is 1. The van der Waals surface area contributed by atoms with E-state index in [1.165, 1.54) is 0 Å². The van der Waals surface area contributed by atoms with Gasteiger partial charge in [0.05, 0.1) is 12.7 Å². The first-order valence-electron chi connectivity index (χ1n) is 3.94. The first-order valence-corrected chi connectivity index (χ1v) is 3.94. The number of ether oxygens (including phenoxy) is 1. The number of rotatable bonds is 2. The van der Waals surface area contributed by atoms with Gasteiger partial charge in [0.25, 0.3) is 6.47 Å². The third kappa shape index (κ3) is 5.85. The molecule has 0 amide bonds. The molecule has 1 aliphatic carbocycles. The monoisotopic (exact) mass is 160 g/mol. The van der Waals surface area contributed by atoms with Gasteiger partial charge >= 0.3 is 0 Å². The molecule has 66 valence electrons. The van der Waals surface area contributed by atoms with Gasteiger partial charge in [0.1, 0.15) is 0 Å². The van der Waals surface area contributed by atoms with Crippen LogP contribution in [0.2, 0.25) is 0 Å². The average molecular weight is 160 g/mol. The largest absolute Gasteiger partial charge is 0.468 e. The molecule has 0 aromatic rings. The molecule has 1 rings (SSSR count). The lowest BCUT2D eigenvalue weighted by Crippen LogP contribution is -2.25. The van der Waals surface area contributed by atoms with Crippen LogP contribution in [0.15, 0.2) is 0 Å². The molecular weight excluding hydrogens is 144 g/mol. The molecule has 11 heavy (non-hydrogen) atoms. The summed E-state index contributed by atoms with van der Waals surface area (Å²) in [6, 6.07) is 0. The van der Waals surface area contributed by atoms with Gasteiger partial charge < -0.3 is 9.84 Å². The molecule has 1 aliphatic rings. The van der Waals surface area contributed by atoms with Crippen molar-refractivity contribution in [2.45, 2.75) is 32.8 Å². The third-order valence-corrected chi connectivity index (χ3v) is 1.58. The topological polar surface area (TPSA) is 46.5 Å². The molecule has 0 atom stereocenters. The standard InChI is InChI=1S/C5H10O.C3H6O2/c1-4-2-5(6)3-4;1-2-5-3-4/h4-6H,2-3H2,1H3;3H,2H2,1H3/t4-,5-;. The predicted molar refractivity (Wildman–Crippen MR) is 42.1 cm³/mol. The SMILES string of the molecule is CCOC=O.C[C@H]1C[C@H](O)C1. The minimum absolute atomic E-state index is 0.0417. The Morgan fingerprint density at radius 3 is 2.18 bits per heavy atom. The van der Waals surface area contributed by atoms with Crippen molar-refractivity contribution in [1.29, 1.82) is 0 Å². The van der Waals surface area contributed by atoms with Crippen LogP contribution in [-0.2, 0) is 9.53 Å². The molecule has 0 spiro atoms. The Morgan fingerprint density at radius 2 is 2.18 bits per heavy atom. The Hall–Kier alpha value is -0.570. The fourth-order valence-electron chi connectivity index (χ4n) is 0.928. The summed E-state index contributed by atoms with van der Waals surface area (Å²) in [5, 5.41) is 8.62. The van der Waals surface area contributed by atoms with Crippen LogP contribution < -0.4 is 0 Å². The summed E-state index contributed by atoms with van der Waals surface area (Å²) < 4.78 is 4.15. The molecule has 0 unspecified atom stereocenters. The molecule has 0 heterocycles. The van der Waals surface area contributed by atoms with Crippen molar-refractivity contribution in [2.75, 3.05) is 6.61 Å². The van der Waals surface area contributed by atoms with E-state index >= 15 is 0 Å². The summed E-state index contributed by atoms with van der Waals surface area (Å²) >= 11 is 0. The number of aliphatic hydroxyl groups is 1. The van der Waals surface area contributed by atoms with Gasteiger partial charge in [-0.2, -0.15) is 0 Å². The normalized spacial score (nSPS) is 27.5. The molecule has 1 saturated carbocycles. The van der Waals surface area contributed by atoms with E-state index in [-0.39, 0.29) is 6.10 Å². The summed E-state index contributed by atoms with van der Waals surface area (Å²) in [6.07, 6.45) is 2.10. The van der Waals surface area contributed by atoms with Gasteiger partial charge in [-0.1, -0.05) is 6.92 Å². The lowest BCUT2D eigenvalue weighted by molar-refractivity contribution is -0.128. The molecule has 0 aromatic carbocycles. The van der Waals surface area contributed by atoms with Gasteiger partial charge in [-0.25, -0.2) is 0 Å². The Labute approximate surface area is 67.4 Å². The fraction of sp³-hybridized carbons (Fsp3) is 0.875. The molecule has 0 aliphatic heterocycles. The minimum atomic E-state index is 0.0417.